The molecule has 0 bridgehead atoms. The van der Waals surface area contributed by atoms with Crippen molar-refractivity contribution in [1.82, 2.24) is 4.90 Å². The van der Waals surface area contributed by atoms with Gasteiger partial charge in [-0.2, -0.15) is 0 Å². The molecule has 0 aliphatic carbocycles. The van der Waals surface area contributed by atoms with E-state index < -0.39 is 0 Å². The zero-order valence-electron chi connectivity index (χ0n) is 19.3. The minimum absolute atomic E-state index is 0.00731. The maximum atomic E-state index is 13.8. The largest absolute Gasteiger partial charge is 0.395 e. The van der Waals surface area contributed by atoms with E-state index in [1.165, 1.54) is 0 Å². The van der Waals surface area contributed by atoms with Gasteiger partial charge in [-0.1, -0.05) is 78.9 Å². The van der Waals surface area contributed by atoms with Gasteiger partial charge in [0.1, 0.15) is 0 Å². The molecule has 3 aromatic carbocycles. The predicted molar refractivity (Wildman–Crippen MR) is 131 cm³/mol. The van der Waals surface area contributed by atoms with Gasteiger partial charge in [-0.15, -0.1) is 0 Å². The summed E-state index contributed by atoms with van der Waals surface area (Å²) in [6.07, 6.45) is 0. The molecule has 3 aromatic rings. The van der Waals surface area contributed by atoms with Gasteiger partial charge < -0.3 is 5.11 Å². The van der Waals surface area contributed by atoms with Crippen LogP contribution >= 0.6 is 0 Å². The van der Waals surface area contributed by atoms with E-state index in [1.54, 1.807) is 0 Å². The fourth-order valence-corrected chi connectivity index (χ4v) is 5.16. The first-order valence-corrected chi connectivity index (χ1v) is 11.6. The van der Waals surface area contributed by atoms with E-state index in [0.29, 0.717) is 30.8 Å². The Morgan fingerprint density at radius 2 is 1.30 bits per heavy atom. The van der Waals surface area contributed by atoms with Gasteiger partial charge in [-0.25, -0.2) is 0 Å². The van der Waals surface area contributed by atoms with Crippen molar-refractivity contribution in [3.05, 3.63) is 107 Å². The normalized spacial score (nSPS) is 21.0. The Labute approximate surface area is 195 Å². The fraction of sp³-hybridized carbons (Fsp3) is 0.310. The minimum Gasteiger partial charge on any atom is -0.395 e. The molecule has 1 saturated heterocycles. The fourth-order valence-electron chi connectivity index (χ4n) is 5.16. The standard InChI is InChI=1S/C29H31NO3/c1-20-10-9-15-24(21(20)2)27-25(28(32)22-11-5-3-6-12-22)18-30(16-17-31)19-26(27)29(33)23-13-7-4-8-14-23/h3-15,25-27,31H,16-19H2,1-2H3. The summed E-state index contributed by atoms with van der Waals surface area (Å²) in [5, 5.41) is 9.65. The average molecular weight is 442 g/mol. The highest BCUT2D eigenvalue weighted by Gasteiger charge is 2.45. The molecule has 0 spiro atoms. The van der Waals surface area contributed by atoms with E-state index in [9.17, 15) is 14.7 Å². The van der Waals surface area contributed by atoms with Gasteiger partial charge in [-0.3, -0.25) is 14.5 Å². The van der Waals surface area contributed by atoms with Crippen molar-refractivity contribution in [3.63, 3.8) is 0 Å². The number of likely N-dealkylation sites (tertiary alicyclic amines) is 1. The van der Waals surface area contributed by atoms with Crippen molar-refractivity contribution in [2.75, 3.05) is 26.2 Å². The molecule has 4 rings (SSSR count). The Bertz CT molecular complexity index is 1050. The average Bonchev–Trinajstić information content (AvgIpc) is 2.86. The second-order valence-corrected chi connectivity index (χ2v) is 8.97. The van der Waals surface area contributed by atoms with Crippen molar-refractivity contribution in [1.29, 1.82) is 0 Å². The van der Waals surface area contributed by atoms with E-state index in [4.69, 9.17) is 0 Å². The third-order valence-corrected chi connectivity index (χ3v) is 6.99. The second kappa shape index (κ2) is 10.2. The number of aliphatic hydroxyl groups excluding tert-OH is 1. The lowest BCUT2D eigenvalue weighted by molar-refractivity contribution is 0.0529. The molecular weight excluding hydrogens is 410 g/mol. The van der Waals surface area contributed by atoms with Gasteiger partial charge >= 0.3 is 0 Å². The van der Waals surface area contributed by atoms with Crippen LogP contribution in [0.5, 0.6) is 0 Å². The van der Waals surface area contributed by atoms with Gasteiger partial charge in [0.15, 0.2) is 11.6 Å². The molecule has 2 atom stereocenters. The highest BCUT2D eigenvalue weighted by molar-refractivity contribution is 6.02. The third-order valence-electron chi connectivity index (χ3n) is 6.99. The molecule has 0 amide bonds. The van der Waals surface area contributed by atoms with Crippen LogP contribution in [0.4, 0.5) is 0 Å². The molecule has 0 saturated carbocycles. The molecule has 0 aromatic heterocycles. The number of aryl methyl sites for hydroxylation is 1. The van der Waals surface area contributed by atoms with E-state index >= 15 is 0 Å². The zero-order valence-corrected chi connectivity index (χ0v) is 19.3. The van der Waals surface area contributed by atoms with E-state index in [2.05, 4.69) is 30.9 Å². The van der Waals surface area contributed by atoms with Gasteiger partial charge in [0.2, 0.25) is 0 Å². The first-order chi connectivity index (χ1) is 16.0. The third kappa shape index (κ3) is 4.82. The number of ketones is 2. The lowest BCUT2D eigenvalue weighted by atomic mass is 9.67. The van der Waals surface area contributed by atoms with Crippen LogP contribution in [0.1, 0.15) is 43.3 Å². The van der Waals surface area contributed by atoms with Gasteiger partial charge in [0, 0.05) is 48.5 Å². The van der Waals surface area contributed by atoms with Crippen LogP contribution < -0.4 is 0 Å². The Morgan fingerprint density at radius 3 is 1.79 bits per heavy atom. The maximum Gasteiger partial charge on any atom is 0.167 e. The topological polar surface area (TPSA) is 57.6 Å². The summed E-state index contributed by atoms with van der Waals surface area (Å²) in [6.45, 7) is 5.62. The molecule has 1 N–H and O–H groups in total. The minimum atomic E-state index is -0.383. The molecule has 1 heterocycles. The molecule has 33 heavy (non-hydrogen) atoms. The van der Waals surface area contributed by atoms with Crippen LogP contribution in [0.3, 0.4) is 0 Å². The Kier molecular flexibility index (Phi) is 7.17. The van der Waals surface area contributed by atoms with Crippen molar-refractivity contribution >= 4 is 11.6 Å². The van der Waals surface area contributed by atoms with Crippen molar-refractivity contribution < 1.29 is 14.7 Å². The van der Waals surface area contributed by atoms with Crippen LogP contribution in [0, 0.1) is 25.7 Å². The zero-order chi connectivity index (χ0) is 23.4. The molecule has 4 heteroatoms. The van der Waals surface area contributed by atoms with E-state index in [-0.39, 0.29) is 35.9 Å². The highest BCUT2D eigenvalue weighted by atomic mass is 16.3. The van der Waals surface area contributed by atoms with Crippen molar-refractivity contribution in [3.8, 4) is 0 Å². The number of nitrogens with zero attached hydrogens (tertiary/aromatic N) is 1. The van der Waals surface area contributed by atoms with Gasteiger partial charge in [0.25, 0.3) is 0 Å². The number of Topliss-reactive ketones (excluding diaryl/α,β-unsaturated/α-hetero) is 2. The molecule has 1 aliphatic rings. The van der Waals surface area contributed by atoms with Gasteiger partial charge in [-0.05, 0) is 30.5 Å². The summed E-state index contributed by atoms with van der Waals surface area (Å²) in [4.78, 5) is 29.7. The Balaban J connectivity index is 1.85. The molecule has 0 radical (unpaired) electrons. The number of β-amino-alcohol motifs (C(OH)–C–C–N with tert-alkyl or cyclic N) is 1. The van der Waals surface area contributed by atoms with Crippen molar-refractivity contribution in [2.24, 2.45) is 11.8 Å². The maximum absolute atomic E-state index is 13.8. The highest BCUT2D eigenvalue weighted by Crippen LogP contribution is 2.42. The van der Waals surface area contributed by atoms with Crippen LogP contribution in [-0.4, -0.2) is 47.8 Å². The SMILES string of the molecule is Cc1cccc(C2C(C(=O)c3ccccc3)CN(CCO)CC2C(=O)c2ccccc2)c1C. The molecular formula is C29H31NO3. The lowest BCUT2D eigenvalue weighted by Crippen LogP contribution is -2.51. The number of piperidine rings is 1. The van der Waals surface area contributed by atoms with Gasteiger partial charge in [0.05, 0.1) is 6.61 Å². The first-order valence-electron chi connectivity index (χ1n) is 11.6. The van der Waals surface area contributed by atoms with E-state index in [0.717, 1.165) is 16.7 Å². The molecule has 170 valence electrons. The first kappa shape index (κ1) is 23.1. The smallest absolute Gasteiger partial charge is 0.167 e. The number of carbonyl (C=O) groups is 2. The number of hydrogen-bond donors (Lipinski definition) is 1. The number of carbonyl (C=O) groups excluding carboxylic acids is 2. The number of rotatable bonds is 7. The summed E-state index contributed by atoms with van der Waals surface area (Å²) in [5.74, 6) is -0.901. The number of benzene rings is 3. The van der Waals surface area contributed by atoms with Crippen LogP contribution in [0.15, 0.2) is 78.9 Å². The quantitative estimate of drug-likeness (QED) is 0.540. The lowest BCUT2D eigenvalue weighted by Gasteiger charge is -2.43. The Hall–Kier alpha value is -3.08. The second-order valence-electron chi connectivity index (χ2n) is 8.97. The van der Waals surface area contributed by atoms with Crippen molar-refractivity contribution in [2.45, 2.75) is 19.8 Å². The summed E-state index contributed by atoms with van der Waals surface area (Å²) in [7, 11) is 0. The number of hydrogen-bond acceptors (Lipinski definition) is 4. The molecule has 1 aliphatic heterocycles. The van der Waals surface area contributed by atoms with E-state index in [1.807, 2.05) is 66.7 Å². The van der Waals surface area contributed by atoms with Crippen LogP contribution in [0.25, 0.3) is 0 Å². The molecule has 4 nitrogen and oxygen atoms in total. The van der Waals surface area contributed by atoms with Crippen LogP contribution in [0.2, 0.25) is 0 Å². The Morgan fingerprint density at radius 1 is 0.788 bits per heavy atom. The molecule has 2 unspecified atom stereocenters. The van der Waals surface area contributed by atoms with Crippen LogP contribution in [-0.2, 0) is 0 Å². The summed E-state index contributed by atoms with van der Waals surface area (Å²) in [6, 6.07) is 24.9. The monoisotopic (exact) mass is 441 g/mol. The predicted octanol–water partition coefficient (Wildman–Crippen LogP) is 4.69. The summed E-state index contributed by atoms with van der Waals surface area (Å²) >= 11 is 0. The summed E-state index contributed by atoms with van der Waals surface area (Å²) < 4.78 is 0. The summed E-state index contributed by atoms with van der Waals surface area (Å²) in [5.41, 5.74) is 4.68. The number of aliphatic hydroxyl groups is 1. The molecule has 1 fully saturated rings.